The van der Waals surface area contributed by atoms with Crippen LogP contribution in [0.4, 0.5) is 0 Å². The zero-order chi connectivity index (χ0) is 11.6. The Labute approximate surface area is 86.8 Å². The minimum absolute atomic E-state index is 0.0350. The van der Waals surface area contributed by atoms with E-state index < -0.39 is 17.9 Å². The van der Waals surface area contributed by atoms with Crippen molar-refractivity contribution in [3.63, 3.8) is 0 Å². The highest BCUT2D eigenvalue weighted by Crippen LogP contribution is 2.30. The summed E-state index contributed by atoms with van der Waals surface area (Å²) in [6.07, 6.45) is 0. The number of aromatic hydroxyl groups is 2. The van der Waals surface area contributed by atoms with Crippen molar-refractivity contribution in [3.8, 4) is 11.5 Å². The Morgan fingerprint density at radius 3 is 2.53 bits per heavy atom. The Kier molecular flexibility index (Phi) is 3.16. The summed E-state index contributed by atoms with van der Waals surface area (Å²) in [5.41, 5.74) is 5.74. The fourth-order valence-electron chi connectivity index (χ4n) is 1.31. The van der Waals surface area contributed by atoms with Crippen molar-refractivity contribution >= 4 is 5.97 Å². The largest absolute Gasteiger partial charge is 0.508 e. The second-order valence-corrected chi connectivity index (χ2v) is 3.40. The van der Waals surface area contributed by atoms with Crippen molar-refractivity contribution in [2.75, 3.05) is 0 Å². The van der Waals surface area contributed by atoms with Crippen LogP contribution in [0, 0.1) is 0 Å². The molecule has 0 aliphatic rings. The molecule has 0 aliphatic carbocycles. The lowest BCUT2D eigenvalue weighted by molar-refractivity contribution is -0.139. The fourth-order valence-corrected chi connectivity index (χ4v) is 1.31. The second-order valence-electron chi connectivity index (χ2n) is 3.40. The molecule has 0 amide bonds. The quantitative estimate of drug-likeness (QED) is 0.548. The first-order valence-corrected chi connectivity index (χ1v) is 4.43. The maximum atomic E-state index is 10.6. The van der Waals surface area contributed by atoms with Gasteiger partial charge in [0.15, 0.2) is 0 Å². The number of carbonyl (C=O) groups is 1. The zero-order valence-corrected chi connectivity index (χ0v) is 8.21. The van der Waals surface area contributed by atoms with Gasteiger partial charge in [0.25, 0.3) is 0 Å². The molecule has 15 heavy (non-hydrogen) atoms. The first kappa shape index (κ1) is 11.3. The van der Waals surface area contributed by atoms with Gasteiger partial charge in [-0.3, -0.25) is 4.79 Å². The molecule has 5 nitrogen and oxygen atoms in total. The Balaban J connectivity index is 3.04. The molecule has 2 unspecified atom stereocenters. The van der Waals surface area contributed by atoms with Gasteiger partial charge in [0.1, 0.15) is 17.5 Å². The van der Waals surface area contributed by atoms with Crippen LogP contribution in [-0.2, 0) is 4.79 Å². The lowest BCUT2D eigenvalue weighted by Crippen LogP contribution is -2.35. The van der Waals surface area contributed by atoms with Crippen LogP contribution in [0.1, 0.15) is 18.4 Å². The number of aliphatic carboxylic acids is 1. The van der Waals surface area contributed by atoms with E-state index in [0.717, 1.165) is 0 Å². The van der Waals surface area contributed by atoms with Crippen LogP contribution in [0.3, 0.4) is 0 Å². The third kappa shape index (κ3) is 2.38. The average Bonchev–Trinajstić information content (AvgIpc) is 2.19. The molecule has 0 saturated heterocycles. The minimum Gasteiger partial charge on any atom is -0.508 e. The Morgan fingerprint density at radius 2 is 2.00 bits per heavy atom. The van der Waals surface area contributed by atoms with Crippen molar-refractivity contribution in [3.05, 3.63) is 23.8 Å². The van der Waals surface area contributed by atoms with Gasteiger partial charge in [-0.25, -0.2) is 0 Å². The molecule has 0 radical (unpaired) electrons. The van der Waals surface area contributed by atoms with Crippen LogP contribution >= 0.6 is 0 Å². The van der Waals surface area contributed by atoms with E-state index in [2.05, 4.69) is 0 Å². The number of benzene rings is 1. The second kappa shape index (κ2) is 4.18. The topological polar surface area (TPSA) is 104 Å². The Hall–Kier alpha value is -1.75. The molecule has 0 aliphatic heterocycles. The molecule has 0 fully saturated rings. The number of carboxylic acids is 1. The van der Waals surface area contributed by atoms with E-state index in [1.165, 1.54) is 18.2 Å². The third-order valence-corrected chi connectivity index (χ3v) is 2.33. The van der Waals surface area contributed by atoms with Gasteiger partial charge in [-0.1, -0.05) is 6.92 Å². The van der Waals surface area contributed by atoms with Crippen LogP contribution in [0.5, 0.6) is 11.5 Å². The van der Waals surface area contributed by atoms with E-state index >= 15 is 0 Å². The van der Waals surface area contributed by atoms with Crippen molar-refractivity contribution in [1.82, 2.24) is 0 Å². The summed E-state index contributed by atoms with van der Waals surface area (Å²) in [5.74, 6) is -1.83. The normalized spacial score (nSPS) is 14.5. The van der Waals surface area contributed by atoms with Crippen molar-refractivity contribution in [2.45, 2.75) is 18.9 Å². The molecule has 0 saturated carbocycles. The van der Waals surface area contributed by atoms with Gasteiger partial charge in [-0.2, -0.15) is 0 Å². The fraction of sp³-hybridized carbons (Fsp3) is 0.300. The number of carboxylic acid groups (broad SMARTS) is 1. The van der Waals surface area contributed by atoms with Gasteiger partial charge in [0, 0.05) is 11.5 Å². The smallest absolute Gasteiger partial charge is 0.321 e. The highest BCUT2D eigenvalue weighted by atomic mass is 16.4. The molecule has 1 rings (SSSR count). The summed E-state index contributed by atoms with van der Waals surface area (Å²) < 4.78 is 0. The SMILES string of the molecule is CC(c1cc(O)ccc1O)C(N)C(=O)O. The summed E-state index contributed by atoms with van der Waals surface area (Å²) in [5, 5.41) is 27.4. The van der Waals surface area contributed by atoms with Crippen LogP contribution in [-0.4, -0.2) is 27.3 Å². The van der Waals surface area contributed by atoms with Crippen LogP contribution < -0.4 is 5.73 Å². The first-order chi connectivity index (χ1) is 6.93. The van der Waals surface area contributed by atoms with Gasteiger partial charge in [-0.05, 0) is 18.2 Å². The number of nitrogens with two attached hydrogens (primary N) is 1. The van der Waals surface area contributed by atoms with Crippen LogP contribution in [0.15, 0.2) is 18.2 Å². The molecule has 0 spiro atoms. The number of rotatable bonds is 3. The van der Waals surface area contributed by atoms with E-state index in [9.17, 15) is 15.0 Å². The van der Waals surface area contributed by atoms with Crippen molar-refractivity contribution in [1.29, 1.82) is 0 Å². The summed E-state index contributed by atoms with van der Waals surface area (Å²) in [4.78, 5) is 10.6. The molecule has 5 heteroatoms. The summed E-state index contributed by atoms with van der Waals surface area (Å²) in [6, 6.07) is 2.81. The minimum atomic E-state index is -1.15. The lowest BCUT2D eigenvalue weighted by atomic mass is 9.93. The molecule has 82 valence electrons. The summed E-state index contributed by atoms with van der Waals surface area (Å²) in [6.45, 7) is 1.58. The van der Waals surface area contributed by atoms with Crippen molar-refractivity contribution < 1.29 is 20.1 Å². The molecule has 2 atom stereocenters. The van der Waals surface area contributed by atoms with Gasteiger partial charge >= 0.3 is 5.97 Å². The molecule has 0 aromatic heterocycles. The Morgan fingerprint density at radius 1 is 1.40 bits per heavy atom. The zero-order valence-electron chi connectivity index (χ0n) is 8.21. The first-order valence-electron chi connectivity index (χ1n) is 4.43. The molecule has 0 heterocycles. The van der Waals surface area contributed by atoms with E-state index in [4.69, 9.17) is 10.8 Å². The number of hydrogen-bond donors (Lipinski definition) is 4. The van der Waals surface area contributed by atoms with Crippen LogP contribution in [0.2, 0.25) is 0 Å². The predicted molar refractivity (Wildman–Crippen MR) is 53.8 cm³/mol. The number of phenolic OH excluding ortho intramolecular Hbond substituents is 2. The third-order valence-electron chi connectivity index (χ3n) is 2.33. The summed E-state index contributed by atoms with van der Waals surface area (Å²) >= 11 is 0. The molecular formula is C10H13NO4. The molecular weight excluding hydrogens is 198 g/mol. The average molecular weight is 211 g/mol. The van der Waals surface area contributed by atoms with E-state index in [-0.39, 0.29) is 11.5 Å². The Bertz CT molecular complexity index is 378. The van der Waals surface area contributed by atoms with Gasteiger partial charge in [-0.15, -0.1) is 0 Å². The standard InChI is InChI=1S/C10H13NO4/c1-5(9(11)10(14)15)7-4-6(12)2-3-8(7)13/h2-5,9,12-13H,11H2,1H3,(H,14,15). The maximum Gasteiger partial charge on any atom is 0.321 e. The maximum absolute atomic E-state index is 10.6. The molecule has 5 N–H and O–H groups in total. The lowest BCUT2D eigenvalue weighted by Gasteiger charge is -2.17. The monoisotopic (exact) mass is 211 g/mol. The highest BCUT2D eigenvalue weighted by Gasteiger charge is 2.23. The molecule has 1 aromatic rings. The van der Waals surface area contributed by atoms with Crippen LogP contribution in [0.25, 0.3) is 0 Å². The van der Waals surface area contributed by atoms with E-state index in [1.807, 2.05) is 0 Å². The van der Waals surface area contributed by atoms with E-state index in [1.54, 1.807) is 6.92 Å². The summed E-state index contributed by atoms with van der Waals surface area (Å²) in [7, 11) is 0. The van der Waals surface area contributed by atoms with Gasteiger partial charge < -0.3 is 21.1 Å². The van der Waals surface area contributed by atoms with E-state index in [0.29, 0.717) is 5.56 Å². The van der Waals surface area contributed by atoms with Gasteiger partial charge in [0.2, 0.25) is 0 Å². The number of hydrogen-bond acceptors (Lipinski definition) is 4. The number of phenols is 2. The highest BCUT2D eigenvalue weighted by molar-refractivity contribution is 5.74. The molecule has 1 aromatic carbocycles. The van der Waals surface area contributed by atoms with Gasteiger partial charge in [0.05, 0.1) is 0 Å². The predicted octanol–water partition coefficient (Wildman–Crippen LogP) is 0.613. The van der Waals surface area contributed by atoms with Crippen molar-refractivity contribution in [2.24, 2.45) is 5.73 Å². The molecule has 0 bridgehead atoms.